The minimum absolute atomic E-state index is 0.130. The highest BCUT2D eigenvalue weighted by Crippen LogP contribution is 2.09. The maximum atomic E-state index is 11.6. The molecule has 1 aromatic carbocycles. The van der Waals surface area contributed by atoms with Crippen LogP contribution < -0.4 is 0 Å². The minimum atomic E-state index is -0.130. The van der Waals surface area contributed by atoms with Crippen molar-refractivity contribution < 1.29 is 9.53 Å². The van der Waals surface area contributed by atoms with E-state index in [4.69, 9.17) is 4.74 Å². The molecule has 0 N–H and O–H groups in total. The van der Waals surface area contributed by atoms with Gasteiger partial charge in [0.15, 0.2) is 0 Å². The molecule has 0 radical (unpaired) electrons. The predicted octanol–water partition coefficient (Wildman–Crippen LogP) is 3.13. The van der Waals surface area contributed by atoms with Gasteiger partial charge in [0, 0.05) is 0 Å². The summed E-state index contributed by atoms with van der Waals surface area (Å²) in [5, 5.41) is 0. The number of rotatable bonds is 5. The Morgan fingerprint density at radius 2 is 2.06 bits per heavy atom. The number of ether oxygens (including phenoxy) is 1. The van der Waals surface area contributed by atoms with Crippen LogP contribution in [-0.4, -0.2) is 12.6 Å². The number of hydrogen-bond acceptors (Lipinski definition) is 2. The van der Waals surface area contributed by atoms with Crippen LogP contribution in [0.4, 0.5) is 0 Å². The minimum Gasteiger partial charge on any atom is -0.465 e. The lowest BCUT2D eigenvalue weighted by Crippen LogP contribution is -2.13. The Labute approximate surface area is 97.6 Å². The van der Waals surface area contributed by atoms with Crippen molar-refractivity contribution in [3.05, 3.63) is 35.4 Å². The highest BCUT2D eigenvalue weighted by Gasteiger charge is 2.08. The van der Waals surface area contributed by atoms with Crippen molar-refractivity contribution in [2.75, 3.05) is 6.61 Å². The zero-order chi connectivity index (χ0) is 12.0. The predicted molar refractivity (Wildman–Crippen MR) is 65.3 cm³/mol. The van der Waals surface area contributed by atoms with Crippen molar-refractivity contribution in [2.24, 2.45) is 5.92 Å². The topological polar surface area (TPSA) is 26.3 Å². The molecular formula is C14H20O2. The van der Waals surface area contributed by atoms with Crippen LogP contribution in [0.15, 0.2) is 24.3 Å². The molecule has 0 saturated carbocycles. The molecule has 1 unspecified atom stereocenters. The Morgan fingerprint density at radius 1 is 1.38 bits per heavy atom. The summed E-state index contributed by atoms with van der Waals surface area (Å²) in [6.45, 7) is 6.72. The van der Waals surface area contributed by atoms with Crippen molar-refractivity contribution in [3.63, 3.8) is 0 Å². The van der Waals surface area contributed by atoms with Crippen LogP contribution in [-0.2, 0) is 16.0 Å². The maximum absolute atomic E-state index is 11.6. The van der Waals surface area contributed by atoms with Gasteiger partial charge in [0.05, 0.1) is 13.0 Å². The van der Waals surface area contributed by atoms with Gasteiger partial charge in [-0.2, -0.15) is 0 Å². The fraction of sp³-hybridized carbons (Fsp3) is 0.500. The molecular weight excluding hydrogens is 200 g/mol. The Hall–Kier alpha value is -1.31. The first-order valence-electron chi connectivity index (χ1n) is 5.83. The number of esters is 1. The Kier molecular flexibility index (Phi) is 5.03. The lowest BCUT2D eigenvalue weighted by Gasteiger charge is -2.10. The number of benzene rings is 1. The number of carbonyl (C=O) groups is 1. The zero-order valence-corrected chi connectivity index (χ0v) is 10.3. The second-order valence-electron chi connectivity index (χ2n) is 4.30. The van der Waals surface area contributed by atoms with Crippen molar-refractivity contribution in [2.45, 2.75) is 33.6 Å². The summed E-state index contributed by atoms with van der Waals surface area (Å²) < 4.78 is 5.21. The largest absolute Gasteiger partial charge is 0.465 e. The van der Waals surface area contributed by atoms with E-state index in [1.807, 2.05) is 31.2 Å². The zero-order valence-electron chi connectivity index (χ0n) is 10.3. The van der Waals surface area contributed by atoms with Crippen LogP contribution in [0.3, 0.4) is 0 Å². The van der Waals surface area contributed by atoms with E-state index in [0.717, 1.165) is 17.5 Å². The van der Waals surface area contributed by atoms with Gasteiger partial charge in [-0.3, -0.25) is 4.79 Å². The monoisotopic (exact) mass is 220 g/mol. The lowest BCUT2D eigenvalue weighted by atomic mass is 10.1. The van der Waals surface area contributed by atoms with Crippen LogP contribution in [0.1, 0.15) is 31.4 Å². The van der Waals surface area contributed by atoms with Crippen molar-refractivity contribution in [3.8, 4) is 0 Å². The molecule has 0 aliphatic heterocycles. The molecule has 1 aromatic rings. The smallest absolute Gasteiger partial charge is 0.310 e. The molecule has 0 spiro atoms. The molecule has 0 amide bonds. The molecule has 0 heterocycles. The summed E-state index contributed by atoms with van der Waals surface area (Å²) in [7, 11) is 0. The van der Waals surface area contributed by atoms with E-state index in [-0.39, 0.29) is 5.97 Å². The third-order valence-corrected chi connectivity index (χ3v) is 2.82. The Morgan fingerprint density at radius 3 is 2.69 bits per heavy atom. The summed E-state index contributed by atoms with van der Waals surface area (Å²) in [5.74, 6) is 0.315. The molecule has 16 heavy (non-hydrogen) atoms. The average molecular weight is 220 g/mol. The van der Waals surface area contributed by atoms with Crippen LogP contribution >= 0.6 is 0 Å². The van der Waals surface area contributed by atoms with Gasteiger partial charge in [-0.25, -0.2) is 0 Å². The summed E-state index contributed by atoms with van der Waals surface area (Å²) in [5.41, 5.74) is 2.19. The fourth-order valence-corrected chi connectivity index (χ4v) is 1.37. The highest BCUT2D eigenvalue weighted by molar-refractivity contribution is 5.73. The van der Waals surface area contributed by atoms with Gasteiger partial charge in [-0.15, -0.1) is 0 Å². The van der Waals surface area contributed by atoms with Gasteiger partial charge in [0.2, 0.25) is 0 Å². The van der Waals surface area contributed by atoms with Crippen LogP contribution in [0.2, 0.25) is 0 Å². The molecule has 1 atom stereocenters. The average Bonchev–Trinajstić information content (AvgIpc) is 2.29. The summed E-state index contributed by atoms with van der Waals surface area (Å²) in [6, 6.07) is 7.91. The second-order valence-corrected chi connectivity index (χ2v) is 4.30. The van der Waals surface area contributed by atoms with Gasteiger partial charge < -0.3 is 4.74 Å². The van der Waals surface area contributed by atoms with Crippen molar-refractivity contribution in [1.82, 2.24) is 0 Å². The van der Waals surface area contributed by atoms with Crippen LogP contribution in [0.5, 0.6) is 0 Å². The van der Waals surface area contributed by atoms with E-state index in [2.05, 4.69) is 13.8 Å². The molecule has 1 rings (SSSR count). The molecule has 88 valence electrons. The molecule has 0 fully saturated rings. The normalized spacial score (nSPS) is 12.2. The Bertz CT molecular complexity index is 344. The lowest BCUT2D eigenvalue weighted by molar-refractivity contribution is -0.144. The summed E-state index contributed by atoms with van der Waals surface area (Å²) in [4.78, 5) is 11.6. The summed E-state index contributed by atoms with van der Waals surface area (Å²) >= 11 is 0. The molecule has 0 aromatic heterocycles. The summed E-state index contributed by atoms with van der Waals surface area (Å²) in [6.07, 6.45) is 1.42. The molecule has 2 heteroatoms. The van der Waals surface area contributed by atoms with E-state index >= 15 is 0 Å². The maximum Gasteiger partial charge on any atom is 0.310 e. The van der Waals surface area contributed by atoms with Gasteiger partial charge >= 0.3 is 5.97 Å². The first-order chi connectivity index (χ1) is 7.63. The fourth-order valence-electron chi connectivity index (χ4n) is 1.37. The van der Waals surface area contributed by atoms with E-state index < -0.39 is 0 Å². The Balaban J connectivity index is 2.43. The first-order valence-corrected chi connectivity index (χ1v) is 5.83. The van der Waals surface area contributed by atoms with Gasteiger partial charge in [0.25, 0.3) is 0 Å². The van der Waals surface area contributed by atoms with Crippen LogP contribution in [0, 0.1) is 12.8 Å². The van der Waals surface area contributed by atoms with Crippen molar-refractivity contribution in [1.29, 1.82) is 0 Å². The van der Waals surface area contributed by atoms with Gasteiger partial charge in [0.1, 0.15) is 0 Å². The van der Waals surface area contributed by atoms with E-state index in [0.29, 0.717) is 18.9 Å². The van der Waals surface area contributed by atoms with Crippen molar-refractivity contribution >= 4 is 5.97 Å². The number of aryl methyl sites for hydroxylation is 1. The SMILES string of the molecule is CCC(C)COC(=O)Cc1ccccc1C. The first kappa shape index (κ1) is 12.8. The molecule has 0 bridgehead atoms. The quantitative estimate of drug-likeness (QED) is 0.713. The molecule has 0 aliphatic rings. The number of carbonyl (C=O) groups excluding carboxylic acids is 1. The van der Waals surface area contributed by atoms with Gasteiger partial charge in [-0.05, 0) is 24.0 Å². The third-order valence-electron chi connectivity index (χ3n) is 2.82. The van der Waals surface area contributed by atoms with E-state index in [1.54, 1.807) is 0 Å². The molecule has 0 aliphatic carbocycles. The highest BCUT2D eigenvalue weighted by atomic mass is 16.5. The second kappa shape index (κ2) is 6.31. The van der Waals surface area contributed by atoms with Gasteiger partial charge in [-0.1, -0.05) is 44.5 Å². The van der Waals surface area contributed by atoms with E-state index in [1.165, 1.54) is 0 Å². The van der Waals surface area contributed by atoms with E-state index in [9.17, 15) is 4.79 Å². The molecule has 0 saturated heterocycles. The molecule has 2 nitrogen and oxygen atoms in total. The standard InChI is InChI=1S/C14H20O2/c1-4-11(2)10-16-14(15)9-13-8-6-5-7-12(13)3/h5-8,11H,4,9-10H2,1-3H3. The number of hydrogen-bond donors (Lipinski definition) is 0. The third kappa shape index (κ3) is 4.05. The van der Waals surface area contributed by atoms with Crippen LogP contribution in [0.25, 0.3) is 0 Å².